The molecule has 0 fully saturated rings. The summed E-state index contributed by atoms with van der Waals surface area (Å²) in [5.41, 5.74) is 1.10. The lowest BCUT2D eigenvalue weighted by atomic mass is 10.2. The first-order valence-electron chi connectivity index (χ1n) is 6.93. The van der Waals surface area contributed by atoms with Crippen molar-refractivity contribution in [3.8, 4) is 0 Å². The molecule has 0 bridgehead atoms. The van der Waals surface area contributed by atoms with Crippen molar-refractivity contribution in [3.05, 3.63) is 35.0 Å². The van der Waals surface area contributed by atoms with Crippen LogP contribution in [0.1, 0.15) is 31.3 Å². The molecule has 0 radical (unpaired) electrons. The number of aromatic nitrogens is 4. The topological polar surface area (TPSA) is 55.6 Å². The predicted octanol–water partition coefficient (Wildman–Crippen LogP) is 3.09. The lowest BCUT2D eigenvalue weighted by Crippen LogP contribution is -2.09. The second-order valence-electron chi connectivity index (χ2n) is 4.74. The Kier molecular flexibility index (Phi) is 5.35. The maximum Gasteiger partial charge on any atom is 0.129 e. The van der Waals surface area contributed by atoms with E-state index in [2.05, 4.69) is 27.3 Å². The van der Waals surface area contributed by atoms with Crippen LogP contribution >= 0.6 is 11.6 Å². The van der Waals surface area contributed by atoms with Gasteiger partial charge in [0.25, 0.3) is 0 Å². The lowest BCUT2D eigenvalue weighted by molar-refractivity contribution is 0.591. The summed E-state index contributed by atoms with van der Waals surface area (Å²) >= 11 is 5.82. The Morgan fingerprint density at radius 3 is 2.90 bits per heavy atom. The third-order valence-corrected chi connectivity index (χ3v) is 3.06. The molecule has 0 amide bonds. The van der Waals surface area contributed by atoms with E-state index in [1.54, 1.807) is 6.20 Å². The summed E-state index contributed by atoms with van der Waals surface area (Å²) < 4.78 is 1.84. The van der Waals surface area contributed by atoms with Gasteiger partial charge in [0.2, 0.25) is 0 Å². The number of nitrogens with zero attached hydrogens (tertiary/aromatic N) is 4. The van der Waals surface area contributed by atoms with Crippen LogP contribution in [0.25, 0.3) is 0 Å². The Labute approximate surface area is 124 Å². The van der Waals surface area contributed by atoms with Crippen LogP contribution < -0.4 is 5.32 Å². The summed E-state index contributed by atoms with van der Waals surface area (Å²) in [6.07, 6.45) is 6.53. The standard InChI is InChI=1S/C14H20ClN5/c1-3-5-13-8-14(19-11(2)18-13)16-6-4-7-20-10-12(15)9-17-20/h8-10H,3-7H2,1-2H3,(H,16,18,19). The Morgan fingerprint density at radius 1 is 1.35 bits per heavy atom. The molecule has 2 heterocycles. The monoisotopic (exact) mass is 293 g/mol. The molecule has 0 aliphatic rings. The normalized spacial score (nSPS) is 10.8. The van der Waals surface area contributed by atoms with Gasteiger partial charge in [0, 0.05) is 31.0 Å². The van der Waals surface area contributed by atoms with Crippen LogP contribution in [0, 0.1) is 6.92 Å². The maximum atomic E-state index is 5.82. The highest BCUT2D eigenvalue weighted by atomic mass is 35.5. The Balaban J connectivity index is 1.81. The van der Waals surface area contributed by atoms with E-state index in [0.717, 1.165) is 49.7 Å². The van der Waals surface area contributed by atoms with Crippen molar-refractivity contribution >= 4 is 17.4 Å². The van der Waals surface area contributed by atoms with E-state index < -0.39 is 0 Å². The molecule has 2 aromatic heterocycles. The van der Waals surface area contributed by atoms with Gasteiger partial charge in [0.15, 0.2) is 0 Å². The molecule has 0 spiro atoms. The summed E-state index contributed by atoms with van der Waals surface area (Å²) in [5, 5.41) is 8.15. The average Bonchev–Trinajstić information content (AvgIpc) is 2.80. The van der Waals surface area contributed by atoms with Crippen LogP contribution in [-0.2, 0) is 13.0 Å². The van der Waals surface area contributed by atoms with E-state index in [4.69, 9.17) is 11.6 Å². The molecule has 1 N–H and O–H groups in total. The summed E-state index contributed by atoms with van der Waals surface area (Å²) in [4.78, 5) is 8.82. The smallest absolute Gasteiger partial charge is 0.129 e. The van der Waals surface area contributed by atoms with Crippen LogP contribution in [0.15, 0.2) is 18.5 Å². The van der Waals surface area contributed by atoms with Gasteiger partial charge in [-0.15, -0.1) is 0 Å². The summed E-state index contributed by atoms with van der Waals surface area (Å²) in [6, 6.07) is 2.03. The molecule has 2 aromatic rings. The van der Waals surface area contributed by atoms with Gasteiger partial charge in [-0.1, -0.05) is 24.9 Å². The molecule has 2 rings (SSSR count). The molecule has 20 heavy (non-hydrogen) atoms. The third-order valence-electron chi connectivity index (χ3n) is 2.87. The van der Waals surface area contributed by atoms with Crippen molar-refractivity contribution in [2.45, 2.75) is 39.7 Å². The zero-order valence-electron chi connectivity index (χ0n) is 11.9. The number of hydrogen-bond donors (Lipinski definition) is 1. The minimum Gasteiger partial charge on any atom is -0.370 e. The summed E-state index contributed by atoms with van der Waals surface area (Å²) in [5.74, 6) is 1.72. The largest absolute Gasteiger partial charge is 0.370 e. The van der Waals surface area contributed by atoms with Gasteiger partial charge in [0.05, 0.1) is 11.2 Å². The molecule has 6 heteroatoms. The fourth-order valence-electron chi connectivity index (χ4n) is 2.02. The zero-order valence-corrected chi connectivity index (χ0v) is 12.7. The molecule has 5 nitrogen and oxygen atoms in total. The molecular formula is C14H20ClN5. The minimum absolute atomic E-state index is 0.675. The van der Waals surface area contributed by atoms with Crippen molar-refractivity contribution in [2.24, 2.45) is 0 Å². The highest BCUT2D eigenvalue weighted by molar-refractivity contribution is 6.30. The molecule has 0 aliphatic carbocycles. The minimum atomic E-state index is 0.675. The summed E-state index contributed by atoms with van der Waals surface area (Å²) in [6.45, 7) is 5.76. The van der Waals surface area contributed by atoms with Crippen molar-refractivity contribution in [1.29, 1.82) is 0 Å². The van der Waals surface area contributed by atoms with Gasteiger partial charge in [-0.05, 0) is 19.8 Å². The number of anilines is 1. The predicted molar refractivity (Wildman–Crippen MR) is 81.1 cm³/mol. The van der Waals surface area contributed by atoms with Gasteiger partial charge in [-0.2, -0.15) is 5.10 Å². The summed E-state index contributed by atoms with van der Waals surface area (Å²) in [7, 11) is 0. The van der Waals surface area contributed by atoms with E-state index in [-0.39, 0.29) is 0 Å². The van der Waals surface area contributed by atoms with E-state index in [9.17, 15) is 0 Å². The Hall–Kier alpha value is -1.62. The number of halogens is 1. The van der Waals surface area contributed by atoms with E-state index in [0.29, 0.717) is 5.02 Å². The number of aryl methyl sites for hydroxylation is 3. The molecule has 0 aliphatic heterocycles. The fourth-order valence-corrected chi connectivity index (χ4v) is 2.18. The molecule has 0 atom stereocenters. The Morgan fingerprint density at radius 2 is 2.20 bits per heavy atom. The number of rotatable bonds is 7. The van der Waals surface area contributed by atoms with Crippen molar-refractivity contribution in [3.63, 3.8) is 0 Å². The molecule has 0 saturated heterocycles. The van der Waals surface area contributed by atoms with E-state index >= 15 is 0 Å². The van der Waals surface area contributed by atoms with E-state index in [1.165, 1.54) is 0 Å². The van der Waals surface area contributed by atoms with E-state index in [1.807, 2.05) is 23.9 Å². The fraction of sp³-hybridized carbons (Fsp3) is 0.500. The first kappa shape index (κ1) is 14.8. The third kappa shape index (κ3) is 4.49. The van der Waals surface area contributed by atoms with Crippen LogP contribution in [0.2, 0.25) is 5.02 Å². The van der Waals surface area contributed by atoms with Crippen LogP contribution in [0.5, 0.6) is 0 Å². The highest BCUT2D eigenvalue weighted by Crippen LogP contribution is 2.09. The quantitative estimate of drug-likeness (QED) is 0.797. The molecule has 0 saturated carbocycles. The van der Waals surface area contributed by atoms with Gasteiger partial charge in [0.1, 0.15) is 11.6 Å². The van der Waals surface area contributed by atoms with Crippen LogP contribution in [0.3, 0.4) is 0 Å². The Bertz CT molecular complexity index is 552. The van der Waals surface area contributed by atoms with Gasteiger partial charge in [-0.25, -0.2) is 9.97 Å². The molecule has 108 valence electrons. The van der Waals surface area contributed by atoms with Crippen LogP contribution in [-0.4, -0.2) is 26.3 Å². The van der Waals surface area contributed by atoms with Crippen LogP contribution in [0.4, 0.5) is 5.82 Å². The second kappa shape index (κ2) is 7.24. The second-order valence-corrected chi connectivity index (χ2v) is 5.18. The van der Waals surface area contributed by atoms with Crippen molar-refractivity contribution < 1.29 is 0 Å². The number of nitrogens with one attached hydrogen (secondary N) is 1. The van der Waals surface area contributed by atoms with Gasteiger partial charge >= 0.3 is 0 Å². The molecule has 0 aromatic carbocycles. The number of hydrogen-bond acceptors (Lipinski definition) is 4. The first-order valence-corrected chi connectivity index (χ1v) is 7.31. The lowest BCUT2D eigenvalue weighted by Gasteiger charge is -2.08. The average molecular weight is 294 g/mol. The van der Waals surface area contributed by atoms with Crippen molar-refractivity contribution in [1.82, 2.24) is 19.7 Å². The first-order chi connectivity index (χ1) is 9.67. The zero-order chi connectivity index (χ0) is 14.4. The van der Waals surface area contributed by atoms with Crippen molar-refractivity contribution in [2.75, 3.05) is 11.9 Å². The van der Waals surface area contributed by atoms with Gasteiger partial charge < -0.3 is 5.32 Å². The molecule has 0 unspecified atom stereocenters. The van der Waals surface area contributed by atoms with Gasteiger partial charge in [-0.3, -0.25) is 4.68 Å². The maximum absolute atomic E-state index is 5.82. The molecular weight excluding hydrogens is 274 g/mol. The SMILES string of the molecule is CCCc1cc(NCCCn2cc(Cl)cn2)nc(C)n1. The highest BCUT2D eigenvalue weighted by Gasteiger charge is 2.01.